The molecular weight excluding hydrogens is 356 g/mol. The van der Waals surface area contributed by atoms with Crippen LogP contribution in [0.3, 0.4) is 0 Å². The lowest BCUT2D eigenvalue weighted by molar-refractivity contribution is 0.853. The van der Waals surface area contributed by atoms with Gasteiger partial charge in [0.1, 0.15) is 0 Å². The first-order valence-electron chi connectivity index (χ1n) is 9.92. The summed E-state index contributed by atoms with van der Waals surface area (Å²) >= 11 is 0. The maximum atomic E-state index is 4.84. The van der Waals surface area contributed by atoms with Crippen LogP contribution in [0, 0.1) is 6.92 Å². The minimum atomic E-state index is 0.654. The molecule has 0 saturated heterocycles. The molecule has 0 fully saturated rings. The molecule has 0 aliphatic heterocycles. The number of nitrogens with one attached hydrogen (secondary N) is 1. The van der Waals surface area contributed by atoms with Gasteiger partial charge < -0.3 is 5.32 Å². The van der Waals surface area contributed by atoms with Gasteiger partial charge in [-0.15, -0.1) is 0 Å². The van der Waals surface area contributed by atoms with E-state index in [1.165, 1.54) is 11.1 Å². The molecule has 0 radical (unpaired) electrons. The zero-order valence-corrected chi connectivity index (χ0v) is 16.5. The van der Waals surface area contributed by atoms with E-state index in [2.05, 4.69) is 70.7 Å². The van der Waals surface area contributed by atoms with Crippen molar-refractivity contribution in [2.45, 2.75) is 19.8 Å². The lowest BCUT2D eigenvalue weighted by Gasteiger charge is -2.12. The third-order valence-corrected chi connectivity index (χ3v) is 4.84. The molecule has 0 aliphatic rings. The monoisotopic (exact) mass is 380 g/mol. The Balaban J connectivity index is 1.55. The summed E-state index contributed by atoms with van der Waals surface area (Å²) in [7, 11) is 0. The Morgan fingerprint density at radius 3 is 2.48 bits per heavy atom. The van der Waals surface area contributed by atoms with Crippen molar-refractivity contribution in [3.8, 4) is 22.4 Å². The van der Waals surface area contributed by atoms with Crippen molar-refractivity contribution < 1.29 is 0 Å². The number of aromatic nitrogens is 3. The first-order valence-corrected chi connectivity index (χ1v) is 9.92. The fourth-order valence-corrected chi connectivity index (χ4v) is 3.36. The van der Waals surface area contributed by atoms with Crippen molar-refractivity contribution in [3.05, 3.63) is 96.4 Å². The quantitative estimate of drug-likeness (QED) is 0.427. The minimum absolute atomic E-state index is 0.654. The largest absolute Gasteiger partial charge is 0.354 e. The Hall–Kier alpha value is -3.53. The molecule has 0 spiro atoms. The van der Waals surface area contributed by atoms with E-state index in [1.54, 1.807) is 12.4 Å². The van der Waals surface area contributed by atoms with Crippen LogP contribution in [0.25, 0.3) is 22.4 Å². The molecule has 2 aromatic heterocycles. The van der Waals surface area contributed by atoms with Gasteiger partial charge in [0, 0.05) is 36.3 Å². The molecule has 4 nitrogen and oxygen atoms in total. The minimum Gasteiger partial charge on any atom is -0.354 e. The van der Waals surface area contributed by atoms with Gasteiger partial charge in [-0.1, -0.05) is 60.2 Å². The van der Waals surface area contributed by atoms with Crippen LogP contribution in [0.5, 0.6) is 0 Å². The van der Waals surface area contributed by atoms with Crippen LogP contribution in [-0.2, 0) is 6.42 Å². The number of anilines is 1. The van der Waals surface area contributed by atoms with Crippen molar-refractivity contribution >= 4 is 5.95 Å². The maximum absolute atomic E-state index is 4.84. The molecule has 144 valence electrons. The Bertz CT molecular complexity index is 1060. The lowest BCUT2D eigenvalue weighted by atomic mass is 10.00. The summed E-state index contributed by atoms with van der Waals surface area (Å²) in [6.45, 7) is 2.92. The van der Waals surface area contributed by atoms with E-state index in [4.69, 9.17) is 4.98 Å². The summed E-state index contributed by atoms with van der Waals surface area (Å²) in [5.41, 5.74) is 6.65. The fraction of sp³-hybridized carbons (Fsp3) is 0.160. The Labute approximate surface area is 171 Å². The fourth-order valence-electron chi connectivity index (χ4n) is 3.36. The molecule has 0 amide bonds. The smallest absolute Gasteiger partial charge is 0.223 e. The zero-order valence-electron chi connectivity index (χ0n) is 16.5. The summed E-state index contributed by atoms with van der Waals surface area (Å²) in [4.78, 5) is 13.6. The number of rotatable bonds is 7. The molecule has 0 atom stereocenters. The highest BCUT2D eigenvalue weighted by Crippen LogP contribution is 2.30. The summed E-state index contributed by atoms with van der Waals surface area (Å²) in [6, 6.07) is 22.9. The second-order valence-electron chi connectivity index (χ2n) is 7.08. The Kier molecular flexibility index (Phi) is 5.91. The van der Waals surface area contributed by atoms with E-state index in [0.717, 1.165) is 41.8 Å². The van der Waals surface area contributed by atoms with Gasteiger partial charge in [-0.05, 0) is 43.0 Å². The van der Waals surface area contributed by atoms with Gasteiger partial charge in [0.15, 0.2) is 0 Å². The maximum Gasteiger partial charge on any atom is 0.223 e. The SMILES string of the molecule is Cc1cccc(-c2cnc(NCCCc3ccccc3)nc2-c2ccncc2)c1. The number of benzene rings is 2. The van der Waals surface area contributed by atoms with Crippen molar-refractivity contribution in [2.75, 3.05) is 11.9 Å². The highest BCUT2D eigenvalue weighted by atomic mass is 15.1. The summed E-state index contributed by atoms with van der Waals surface area (Å²) in [5.74, 6) is 0.654. The van der Waals surface area contributed by atoms with Gasteiger partial charge in [0.05, 0.1) is 5.69 Å². The molecule has 4 aromatic rings. The van der Waals surface area contributed by atoms with E-state index in [9.17, 15) is 0 Å². The molecular formula is C25H24N4. The van der Waals surface area contributed by atoms with Gasteiger partial charge in [0.2, 0.25) is 5.95 Å². The number of hydrogen-bond donors (Lipinski definition) is 1. The molecule has 2 aromatic carbocycles. The van der Waals surface area contributed by atoms with Gasteiger partial charge >= 0.3 is 0 Å². The third-order valence-electron chi connectivity index (χ3n) is 4.84. The highest BCUT2D eigenvalue weighted by molar-refractivity contribution is 5.80. The molecule has 0 aliphatic carbocycles. The second-order valence-corrected chi connectivity index (χ2v) is 7.08. The second kappa shape index (κ2) is 9.11. The van der Waals surface area contributed by atoms with Crippen LogP contribution in [0.4, 0.5) is 5.95 Å². The van der Waals surface area contributed by atoms with Crippen molar-refractivity contribution in [3.63, 3.8) is 0 Å². The van der Waals surface area contributed by atoms with Crippen LogP contribution in [0.2, 0.25) is 0 Å². The molecule has 1 N–H and O–H groups in total. The molecule has 0 unspecified atom stereocenters. The standard InChI is InChI=1S/C25H24N4/c1-19-7-5-11-22(17-19)23-18-28-25(29-24(23)21-12-15-26-16-13-21)27-14-6-10-20-8-3-2-4-9-20/h2-5,7-9,11-13,15-18H,6,10,14H2,1H3,(H,27,28,29). The topological polar surface area (TPSA) is 50.7 Å². The van der Waals surface area contributed by atoms with E-state index in [0.29, 0.717) is 5.95 Å². The Morgan fingerprint density at radius 1 is 0.862 bits per heavy atom. The Morgan fingerprint density at radius 2 is 1.69 bits per heavy atom. The van der Waals surface area contributed by atoms with Crippen LogP contribution in [0.1, 0.15) is 17.5 Å². The van der Waals surface area contributed by atoms with Crippen molar-refractivity contribution in [1.29, 1.82) is 0 Å². The molecule has 0 bridgehead atoms. The first kappa shape index (κ1) is 18.8. The normalized spacial score (nSPS) is 10.7. The number of nitrogens with zero attached hydrogens (tertiary/aromatic N) is 3. The molecule has 4 rings (SSSR count). The number of aryl methyl sites for hydroxylation is 2. The van der Waals surface area contributed by atoms with E-state index >= 15 is 0 Å². The third kappa shape index (κ3) is 4.85. The summed E-state index contributed by atoms with van der Waals surface area (Å²) in [5, 5.41) is 3.38. The van der Waals surface area contributed by atoms with E-state index in [1.807, 2.05) is 24.4 Å². The molecule has 0 saturated carbocycles. The van der Waals surface area contributed by atoms with Crippen molar-refractivity contribution in [2.24, 2.45) is 0 Å². The average molecular weight is 380 g/mol. The van der Waals surface area contributed by atoms with Crippen LogP contribution in [0.15, 0.2) is 85.3 Å². The van der Waals surface area contributed by atoms with E-state index in [-0.39, 0.29) is 0 Å². The van der Waals surface area contributed by atoms with Crippen molar-refractivity contribution in [1.82, 2.24) is 15.0 Å². The molecule has 4 heteroatoms. The zero-order chi connectivity index (χ0) is 19.9. The van der Waals surface area contributed by atoms with Crippen LogP contribution >= 0.6 is 0 Å². The van der Waals surface area contributed by atoms with Crippen LogP contribution < -0.4 is 5.32 Å². The lowest BCUT2D eigenvalue weighted by Crippen LogP contribution is -2.07. The predicted molar refractivity (Wildman–Crippen MR) is 119 cm³/mol. The van der Waals surface area contributed by atoms with E-state index < -0.39 is 0 Å². The predicted octanol–water partition coefficient (Wildman–Crippen LogP) is 5.56. The van der Waals surface area contributed by atoms with Gasteiger partial charge in [-0.2, -0.15) is 0 Å². The van der Waals surface area contributed by atoms with Gasteiger partial charge in [-0.25, -0.2) is 9.97 Å². The average Bonchev–Trinajstić information content (AvgIpc) is 2.78. The van der Waals surface area contributed by atoms with Gasteiger partial charge in [-0.3, -0.25) is 4.98 Å². The molecule has 29 heavy (non-hydrogen) atoms. The van der Waals surface area contributed by atoms with Gasteiger partial charge in [0.25, 0.3) is 0 Å². The number of pyridine rings is 1. The highest BCUT2D eigenvalue weighted by Gasteiger charge is 2.12. The first-order chi connectivity index (χ1) is 14.3. The number of hydrogen-bond acceptors (Lipinski definition) is 4. The summed E-state index contributed by atoms with van der Waals surface area (Å²) < 4.78 is 0. The van der Waals surface area contributed by atoms with Crippen LogP contribution in [-0.4, -0.2) is 21.5 Å². The summed E-state index contributed by atoms with van der Waals surface area (Å²) in [6.07, 6.45) is 7.57. The molecule has 2 heterocycles.